The number of rotatable bonds is 6. The predicted octanol–water partition coefficient (Wildman–Crippen LogP) is 2.35. The number of cyclic esters (lactones) is 1. The second-order valence-corrected chi connectivity index (χ2v) is 4.77. The van der Waals surface area contributed by atoms with E-state index in [1.165, 1.54) is 11.1 Å². The first kappa shape index (κ1) is 13.9. The third kappa shape index (κ3) is 3.47. The minimum atomic E-state index is -0.201. The van der Waals surface area contributed by atoms with Crippen molar-refractivity contribution in [2.24, 2.45) is 0 Å². The molecule has 0 aromatic heterocycles. The van der Waals surface area contributed by atoms with Gasteiger partial charge in [0, 0.05) is 6.54 Å². The molecule has 1 amide bonds. The zero-order valence-electron chi connectivity index (χ0n) is 11.7. The molecule has 1 aliphatic heterocycles. The Bertz CT molecular complexity index is 417. The molecule has 104 valence electrons. The summed E-state index contributed by atoms with van der Waals surface area (Å²) in [6.45, 7) is 6.97. The van der Waals surface area contributed by atoms with E-state index in [0.717, 1.165) is 13.0 Å². The van der Waals surface area contributed by atoms with E-state index in [9.17, 15) is 4.79 Å². The molecule has 1 unspecified atom stereocenters. The Morgan fingerprint density at radius 2 is 2.05 bits per heavy atom. The van der Waals surface area contributed by atoms with Crippen LogP contribution in [0.5, 0.6) is 0 Å². The third-order valence-corrected chi connectivity index (χ3v) is 3.49. The molecule has 1 fully saturated rings. The van der Waals surface area contributed by atoms with E-state index < -0.39 is 0 Å². The molecule has 0 spiro atoms. The Balaban J connectivity index is 2.07. The van der Waals surface area contributed by atoms with Crippen molar-refractivity contribution in [2.45, 2.75) is 26.3 Å². The van der Waals surface area contributed by atoms with Crippen molar-refractivity contribution < 1.29 is 9.53 Å². The zero-order chi connectivity index (χ0) is 13.7. The fraction of sp³-hybridized carbons (Fsp3) is 0.533. The van der Waals surface area contributed by atoms with E-state index in [2.05, 4.69) is 43.4 Å². The first-order valence-electron chi connectivity index (χ1n) is 6.98. The van der Waals surface area contributed by atoms with Crippen molar-refractivity contribution in [1.29, 1.82) is 0 Å². The van der Waals surface area contributed by atoms with Gasteiger partial charge in [0.15, 0.2) is 0 Å². The van der Waals surface area contributed by atoms with E-state index in [4.69, 9.17) is 4.74 Å². The van der Waals surface area contributed by atoms with Crippen LogP contribution < -0.4 is 5.32 Å². The number of carbonyl (C=O) groups excluding carboxylic acids is 1. The van der Waals surface area contributed by atoms with Crippen LogP contribution in [-0.4, -0.2) is 37.2 Å². The number of nitrogens with zero attached hydrogens (tertiary/aromatic N) is 1. The molecule has 19 heavy (non-hydrogen) atoms. The number of hydrogen-bond donors (Lipinski definition) is 1. The molecular formula is C15H22N2O2. The zero-order valence-corrected chi connectivity index (χ0v) is 11.7. The molecule has 4 nitrogen and oxygen atoms in total. The number of amides is 1. The first-order chi connectivity index (χ1) is 9.24. The van der Waals surface area contributed by atoms with Gasteiger partial charge < -0.3 is 15.0 Å². The summed E-state index contributed by atoms with van der Waals surface area (Å²) in [5.41, 5.74) is 2.55. The van der Waals surface area contributed by atoms with Crippen molar-refractivity contribution in [2.75, 3.05) is 26.2 Å². The summed E-state index contributed by atoms with van der Waals surface area (Å²) in [5, 5.41) is 3.43. The molecule has 4 heteroatoms. The number of benzene rings is 1. The van der Waals surface area contributed by atoms with E-state index in [0.29, 0.717) is 19.7 Å². The average Bonchev–Trinajstić information content (AvgIpc) is 2.84. The smallest absolute Gasteiger partial charge is 0.410 e. The number of likely N-dealkylation sites (N-methyl/N-ethyl adjacent to an activating group) is 1. The van der Waals surface area contributed by atoms with Gasteiger partial charge >= 0.3 is 6.09 Å². The number of carbonyl (C=O) groups is 1. The van der Waals surface area contributed by atoms with Crippen LogP contribution in [0.1, 0.15) is 31.0 Å². The van der Waals surface area contributed by atoms with Crippen LogP contribution in [0.3, 0.4) is 0 Å². The SMILES string of the molecule is CCNC(CN1CCOC1=O)c1ccc(CC)cc1. The lowest BCUT2D eigenvalue weighted by Gasteiger charge is -2.23. The molecule has 1 atom stereocenters. The van der Waals surface area contributed by atoms with Crippen LogP contribution in [-0.2, 0) is 11.2 Å². The van der Waals surface area contributed by atoms with E-state index in [1.54, 1.807) is 4.90 Å². The lowest BCUT2D eigenvalue weighted by molar-refractivity contribution is 0.156. The summed E-state index contributed by atoms with van der Waals surface area (Å²) in [6, 6.07) is 8.77. The van der Waals surface area contributed by atoms with Crippen molar-refractivity contribution in [3.63, 3.8) is 0 Å². The molecule has 0 saturated carbocycles. The summed E-state index contributed by atoms with van der Waals surface area (Å²) >= 11 is 0. The van der Waals surface area contributed by atoms with Gasteiger partial charge in [-0.3, -0.25) is 0 Å². The fourth-order valence-corrected chi connectivity index (χ4v) is 2.33. The number of hydrogen-bond acceptors (Lipinski definition) is 3. The molecule has 0 aliphatic carbocycles. The molecule has 0 radical (unpaired) electrons. The van der Waals surface area contributed by atoms with Crippen LogP contribution in [0, 0.1) is 0 Å². The minimum Gasteiger partial charge on any atom is -0.448 e. The molecule has 1 heterocycles. The predicted molar refractivity (Wildman–Crippen MR) is 75.2 cm³/mol. The molecule has 2 rings (SSSR count). The monoisotopic (exact) mass is 262 g/mol. The van der Waals surface area contributed by atoms with Gasteiger partial charge in [0.2, 0.25) is 0 Å². The molecular weight excluding hydrogens is 240 g/mol. The van der Waals surface area contributed by atoms with Gasteiger partial charge in [0.25, 0.3) is 0 Å². The highest BCUT2D eigenvalue weighted by molar-refractivity contribution is 5.69. The van der Waals surface area contributed by atoms with Crippen LogP contribution in [0.15, 0.2) is 24.3 Å². The van der Waals surface area contributed by atoms with Gasteiger partial charge in [-0.1, -0.05) is 38.1 Å². The lowest BCUT2D eigenvalue weighted by Crippen LogP contribution is -2.35. The second-order valence-electron chi connectivity index (χ2n) is 4.77. The number of aryl methyl sites for hydroxylation is 1. The highest BCUT2D eigenvalue weighted by atomic mass is 16.6. The summed E-state index contributed by atoms with van der Waals surface area (Å²) in [5.74, 6) is 0. The maximum atomic E-state index is 11.5. The summed E-state index contributed by atoms with van der Waals surface area (Å²) in [6.07, 6.45) is 0.845. The van der Waals surface area contributed by atoms with E-state index in [1.807, 2.05) is 0 Å². The fourth-order valence-electron chi connectivity index (χ4n) is 2.33. The Morgan fingerprint density at radius 1 is 1.32 bits per heavy atom. The topological polar surface area (TPSA) is 41.6 Å². The standard InChI is InChI=1S/C15H22N2O2/c1-3-12-5-7-13(8-6-12)14(16-4-2)11-17-9-10-19-15(17)18/h5-8,14,16H,3-4,9-11H2,1-2H3. The Labute approximate surface area is 114 Å². The summed E-state index contributed by atoms with van der Waals surface area (Å²) in [7, 11) is 0. The Hall–Kier alpha value is -1.55. The van der Waals surface area contributed by atoms with Gasteiger partial charge in [-0.2, -0.15) is 0 Å². The van der Waals surface area contributed by atoms with Gasteiger partial charge in [-0.15, -0.1) is 0 Å². The van der Waals surface area contributed by atoms with Gasteiger partial charge in [0.1, 0.15) is 6.61 Å². The van der Waals surface area contributed by atoms with Crippen molar-refractivity contribution >= 4 is 6.09 Å². The Morgan fingerprint density at radius 3 is 2.58 bits per heavy atom. The molecule has 1 aromatic carbocycles. The van der Waals surface area contributed by atoms with Gasteiger partial charge in [0.05, 0.1) is 12.6 Å². The van der Waals surface area contributed by atoms with Crippen molar-refractivity contribution in [3.8, 4) is 0 Å². The second kappa shape index (κ2) is 6.57. The van der Waals surface area contributed by atoms with Crippen molar-refractivity contribution in [3.05, 3.63) is 35.4 Å². The minimum absolute atomic E-state index is 0.168. The molecule has 1 saturated heterocycles. The highest BCUT2D eigenvalue weighted by Gasteiger charge is 2.25. The highest BCUT2D eigenvalue weighted by Crippen LogP contribution is 2.17. The van der Waals surface area contributed by atoms with Gasteiger partial charge in [-0.25, -0.2) is 4.79 Å². The normalized spacial score (nSPS) is 16.5. The number of ether oxygens (including phenoxy) is 1. The molecule has 0 bridgehead atoms. The van der Waals surface area contributed by atoms with Gasteiger partial charge in [-0.05, 0) is 24.1 Å². The molecule has 1 aliphatic rings. The maximum absolute atomic E-state index is 11.5. The molecule has 1 aromatic rings. The summed E-state index contributed by atoms with van der Waals surface area (Å²) in [4.78, 5) is 13.3. The van der Waals surface area contributed by atoms with Crippen molar-refractivity contribution in [1.82, 2.24) is 10.2 Å². The quantitative estimate of drug-likeness (QED) is 0.855. The molecule has 1 N–H and O–H groups in total. The summed E-state index contributed by atoms with van der Waals surface area (Å²) < 4.78 is 4.98. The van der Waals surface area contributed by atoms with E-state index in [-0.39, 0.29) is 12.1 Å². The van der Waals surface area contributed by atoms with Crippen LogP contribution in [0.25, 0.3) is 0 Å². The maximum Gasteiger partial charge on any atom is 0.410 e. The average molecular weight is 262 g/mol. The largest absolute Gasteiger partial charge is 0.448 e. The first-order valence-corrected chi connectivity index (χ1v) is 6.98. The third-order valence-electron chi connectivity index (χ3n) is 3.49. The van der Waals surface area contributed by atoms with Crippen LogP contribution in [0.4, 0.5) is 4.79 Å². The number of nitrogens with one attached hydrogen (secondary N) is 1. The van der Waals surface area contributed by atoms with Crippen LogP contribution in [0.2, 0.25) is 0 Å². The lowest BCUT2D eigenvalue weighted by atomic mass is 10.0. The Kier molecular flexibility index (Phi) is 4.80. The van der Waals surface area contributed by atoms with E-state index >= 15 is 0 Å². The van der Waals surface area contributed by atoms with Crippen LogP contribution >= 0.6 is 0 Å².